The van der Waals surface area contributed by atoms with Crippen molar-refractivity contribution in [3.8, 4) is 0 Å². The molecule has 2 fully saturated rings. The molecule has 2 aromatic heterocycles. The van der Waals surface area contributed by atoms with Gasteiger partial charge in [-0.3, -0.25) is 9.69 Å². The monoisotopic (exact) mass is 445 g/mol. The van der Waals surface area contributed by atoms with Crippen molar-refractivity contribution in [2.75, 3.05) is 13.1 Å². The fourth-order valence-corrected chi connectivity index (χ4v) is 5.01. The average Bonchev–Trinajstić information content (AvgIpc) is 3.45. The minimum Gasteiger partial charge on any atom is -0.348 e. The number of aryl methyl sites for hydroxylation is 1. The van der Waals surface area contributed by atoms with Gasteiger partial charge in [-0.25, -0.2) is 9.67 Å². The molecule has 1 aliphatic heterocycles. The SMILES string of the molecule is Cc1nn(C(C)(C)C)c2nc(C3CC3)cc(C(=O)NC3CCN(C(C)c4ccccc4)C3)c12. The summed E-state index contributed by atoms with van der Waals surface area (Å²) >= 11 is 0. The Kier molecular flexibility index (Phi) is 5.52. The molecule has 33 heavy (non-hydrogen) atoms. The quantitative estimate of drug-likeness (QED) is 0.604. The second kappa shape index (κ2) is 8.24. The second-order valence-corrected chi connectivity index (χ2v) is 10.8. The predicted octanol–water partition coefficient (Wildman–Crippen LogP) is 4.94. The summed E-state index contributed by atoms with van der Waals surface area (Å²) < 4.78 is 1.99. The molecule has 3 heterocycles. The van der Waals surface area contributed by atoms with Crippen molar-refractivity contribution in [2.24, 2.45) is 0 Å². The third-order valence-electron chi connectivity index (χ3n) is 7.09. The summed E-state index contributed by atoms with van der Waals surface area (Å²) in [5.41, 5.74) is 4.58. The van der Waals surface area contributed by atoms with Crippen LogP contribution in [0.4, 0.5) is 0 Å². The minimum absolute atomic E-state index is 0.0000679. The van der Waals surface area contributed by atoms with E-state index in [1.807, 2.05) is 17.7 Å². The molecule has 6 heteroatoms. The molecular formula is C27H35N5O. The van der Waals surface area contributed by atoms with E-state index in [1.54, 1.807) is 0 Å². The van der Waals surface area contributed by atoms with E-state index in [2.05, 4.69) is 68.2 Å². The van der Waals surface area contributed by atoms with Crippen molar-refractivity contribution >= 4 is 16.9 Å². The number of rotatable bonds is 5. The van der Waals surface area contributed by atoms with Crippen LogP contribution in [-0.2, 0) is 5.54 Å². The number of carbonyl (C=O) groups is 1. The summed E-state index contributed by atoms with van der Waals surface area (Å²) in [7, 11) is 0. The summed E-state index contributed by atoms with van der Waals surface area (Å²) in [6, 6.07) is 13.1. The highest BCUT2D eigenvalue weighted by molar-refractivity contribution is 6.06. The van der Waals surface area contributed by atoms with E-state index >= 15 is 0 Å². The minimum atomic E-state index is -0.199. The lowest BCUT2D eigenvalue weighted by Gasteiger charge is -2.25. The molecule has 0 bridgehead atoms. The zero-order chi connectivity index (χ0) is 23.3. The molecule has 2 unspecified atom stereocenters. The van der Waals surface area contributed by atoms with Crippen LogP contribution in [0.2, 0.25) is 0 Å². The van der Waals surface area contributed by atoms with Crippen LogP contribution in [0.1, 0.15) is 86.2 Å². The largest absolute Gasteiger partial charge is 0.348 e. The van der Waals surface area contributed by atoms with Crippen LogP contribution >= 0.6 is 0 Å². The number of likely N-dealkylation sites (tertiary alicyclic amines) is 1. The molecule has 3 aromatic rings. The number of fused-ring (bicyclic) bond motifs is 1. The summed E-state index contributed by atoms with van der Waals surface area (Å²) in [6.45, 7) is 12.5. The molecular weight excluding hydrogens is 410 g/mol. The number of pyridine rings is 1. The zero-order valence-corrected chi connectivity index (χ0v) is 20.4. The lowest BCUT2D eigenvalue weighted by molar-refractivity contribution is 0.0938. The van der Waals surface area contributed by atoms with Crippen LogP contribution in [0.5, 0.6) is 0 Å². The van der Waals surface area contributed by atoms with Crippen molar-refractivity contribution < 1.29 is 4.79 Å². The fraction of sp³-hybridized carbons (Fsp3) is 0.519. The third kappa shape index (κ3) is 4.29. The van der Waals surface area contributed by atoms with Crippen LogP contribution in [0.25, 0.3) is 11.0 Å². The van der Waals surface area contributed by atoms with Crippen molar-refractivity contribution in [1.82, 2.24) is 25.0 Å². The molecule has 2 aliphatic rings. The number of nitrogens with zero attached hydrogens (tertiary/aromatic N) is 4. The van der Waals surface area contributed by atoms with Gasteiger partial charge >= 0.3 is 0 Å². The number of benzene rings is 1. The molecule has 0 spiro atoms. The molecule has 1 N–H and O–H groups in total. The van der Waals surface area contributed by atoms with Crippen molar-refractivity contribution in [3.63, 3.8) is 0 Å². The third-order valence-corrected chi connectivity index (χ3v) is 7.09. The highest BCUT2D eigenvalue weighted by Gasteiger charge is 2.32. The van der Waals surface area contributed by atoms with Crippen LogP contribution in [0, 0.1) is 6.92 Å². The standard InChI is InChI=1S/C27H35N5O/c1-17-24-22(15-23(20-11-12-20)29-25(24)32(30-17)27(3,4)5)26(33)28-21-13-14-31(16-21)18(2)19-9-7-6-8-10-19/h6-10,15,18,20-21H,11-14,16H2,1-5H3,(H,28,33). The Labute approximate surface area is 196 Å². The van der Waals surface area contributed by atoms with Crippen molar-refractivity contribution in [2.45, 2.75) is 77.4 Å². The number of carbonyl (C=O) groups excluding carboxylic acids is 1. The first-order valence-corrected chi connectivity index (χ1v) is 12.2. The Balaban J connectivity index is 1.40. The van der Waals surface area contributed by atoms with E-state index in [4.69, 9.17) is 10.1 Å². The average molecular weight is 446 g/mol. The van der Waals surface area contributed by atoms with Gasteiger partial charge in [0.15, 0.2) is 5.65 Å². The Bertz CT molecular complexity index is 1170. The normalized spacial score (nSPS) is 20.3. The smallest absolute Gasteiger partial charge is 0.252 e. The van der Waals surface area contributed by atoms with Gasteiger partial charge in [0, 0.05) is 36.8 Å². The van der Waals surface area contributed by atoms with Gasteiger partial charge in [0.05, 0.1) is 22.2 Å². The van der Waals surface area contributed by atoms with Gasteiger partial charge in [-0.2, -0.15) is 5.10 Å². The first-order valence-electron chi connectivity index (χ1n) is 12.2. The van der Waals surface area contributed by atoms with Gasteiger partial charge in [-0.05, 0) is 65.5 Å². The Hall–Kier alpha value is -2.73. The molecule has 1 saturated carbocycles. The molecule has 1 saturated heterocycles. The highest BCUT2D eigenvalue weighted by Crippen LogP contribution is 2.41. The van der Waals surface area contributed by atoms with E-state index in [9.17, 15) is 4.79 Å². The number of amides is 1. The molecule has 1 aromatic carbocycles. The van der Waals surface area contributed by atoms with Crippen LogP contribution in [0.3, 0.4) is 0 Å². The highest BCUT2D eigenvalue weighted by atomic mass is 16.1. The predicted molar refractivity (Wildman–Crippen MR) is 132 cm³/mol. The lowest BCUT2D eigenvalue weighted by Crippen LogP contribution is -2.37. The van der Waals surface area contributed by atoms with E-state index < -0.39 is 0 Å². The maximum atomic E-state index is 13.6. The summed E-state index contributed by atoms with van der Waals surface area (Å²) in [5, 5.41) is 9.02. The number of hydrogen-bond acceptors (Lipinski definition) is 4. The van der Waals surface area contributed by atoms with Crippen LogP contribution < -0.4 is 5.32 Å². The first-order chi connectivity index (χ1) is 15.7. The Morgan fingerprint density at radius 1 is 1.15 bits per heavy atom. The van der Waals surface area contributed by atoms with E-state index in [0.717, 1.165) is 60.3 Å². The molecule has 174 valence electrons. The Morgan fingerprint density at radius 2 is 1.88 bits per heavy atom. The Morgan fingerprint density at radius 3 is 2.55 bits per heavy atom. The van der Waals surface area contributed by atoms with Gasteiger partial charge in [0.2, 0.25) is 0 Å². The molecule has 5 rings (SSSR count). The van der Waals surface area contributed by atoms with Gasteiger partial charge in [-0.15, -0.1) is 0 Å². The topological polar surface area (TPSA) is 63.1 Å². The van der Waals surface area contributed by atoms with Crippen molar-refractivity contribution in [1.29, 1.82) is 0 Å². The second-order valence-electron chi connectivity index (χ2n) is 10.8. The first kappa shape index (κ1) is 22.1. The fourth-order valence-electron chi connectivity index (χ4n) is 5.01. The molecule has 1 amide bonds. The number of aromatic nitrogens is 3. The molecule has 1 aliphatic carbocycles. The maximum Gasteiger partial charge on any atom is 0.252 e. The van der Waals surface area contributed by atoms with E-state index in [0.29, 0.717) is 12.0 Å². The van der Waals surface area contributed by atoms with Gasteiger partial charge in [-0.1, -0.05) is 30.3 Å². The van der Waals surface area contributed by atoms with E-state index in [1.165, 1.54) is 5.56 Å². The summed E-state index contributed by atoms with van der Waals surface area (Å²) in [4.78, 5) is 21.0. The molecule has 2 atom stereocenters. The molecule has 0 radical (unpaired) electrons. The summed E-state index contributed by atoms with van der Waals surface area (Å²) in [6.07, 6.45) is 3.27. The van der Waals surface area contributed by atoms with Crippen LogP contribution in [0.15, 0.2) is 36.4 Å². The van der Waals surface area contributed by atoms with Gasteiger partial charge in [0.25, 0.3) is 5.91 Å². The zero-order valence-electron chi connectivity index (χ0n) is 20.4. The lowest BCUT2D eigenvalue weighted by atomic mass is 10.1. The van der Waals surface area contributed by atoms with Gasteiger partial charge in [0.1, 0.15) is 0 Å². The van der Waals surface area contributed by atoms with E-state index in [-0.39, 0.29) is 17.5 Å². The van der Waals surface area contributed by atoms with Crippen LogP contribution in [-0.4, -0.2) is 44.7 Å². The summed E-state index contributed by atoms with van der Waals surface area (Å²) in [5.74, 6) is 0.471. The number of hydrogen-bond donors (Lipinski definition) is 1. The number of nitrogens with one attached hydrogen (secondary N) is 1. The maximum absolute atomic E-state index is 13.6. The van der Waals surface area contributed by atoms with Crippen molar-refractivity contribution in [3.05, 3.63) is 58.9 Å². The molecule has 6 nitrogen and oxygen atoms in total. The van der Waals surface area contributed by atoms with Gasteiger partial charge < -0.3 is 5.32 Å².